The quantitative estimate of drug-likeness (QED) is 0.267. The Kier molecular flexibility index (Phi) is 10.5. The summed E-state index contributed by atoms with van der Waals surface area (Å²) in [6.45, 7) is 4.58. The molecule has 0 aliphatic rings. The molecular formula is C24H34N6O4. The minimum atomic E-state index is -0.656. The van der Waals surface area contributed by atoms with Gasteiger partial charge in [0.15, 0.2) is 0 Å². The van der Waals surface area contributed by atoms with Crippen molar-refractivity contribution < 1.29 is 19.5 Å². The maximum Gasteiger partial charge on any atom is 0.315 e. The van der Waals surface area contributed by atoms with E-state index in [9.17, 15) is 19.5 Å². The van der Waals surface area contributed by atoms with Gasteiger partial charge in [0.25, 0.3) is 0 Å². The summed E-state index contributed by atoms with van der Waals surface area (Å²) < 4.78 is 0. The third kappa shape index (κ3) is 10.1. The minimum absolute atomic E-state index is 0.0653. The van der Waals surface area contributed by atoms with Crippen molar-refractivity contribution in [1.82, 2.24) is 26.6 Å². The summed E-state index contributed by atoms with van der Waals surface area (Å²) >= 11 is 0. The number of phenolic OH excluding ortho intramolecular Hbond substituents is 1. The summed E-state index contributed by atoms with van der Waals surface area (Å²) in [6, 6.07) is 14.0. The lowest BCUT2D eigenvalue weighted by Gasteiger charge is -2.24. The fraction of sp³-hybridized carbons (Fsp3) is 0.375. The number of carbonyl (C=O) groups excluding carboxylic acids is 3. The molecule has 6 amide bonds. The molecule has 10 heteroatoms. The zero-order valence-electron chi connectivity index (χ0n) is 19.5. The Hall–Kier alpha value is -3.95. The smallest absolute Gasteiger partial charge is 0.315 e. The van der Waals surface area contributed by atoms with Crippen LogP contribution < -0.4 is 32.3 Å². The molecule has 0 saturated carbocycles. The van der Waals surface area contributed by atoms with Crippen LogP contribution in [0.25, 0.3) is 0 Å². The maximum absolute atomic E-state index is 12.5. The number of hydrogen-bond donors (Lipinski definition) is 7. The summed E-state index contributed by atoms with van der Waals surface area (Å²) in [5.41, 5.74) is 7.05. The van der Waals surface area contributed by atoms with Crippen LogP contribution >= 0.6 is 0 Å². The van der Waals surface area contributed by atoms with E-state index in [0.29, 0.717) is 13.0 Å². The number of hydrogen-bond acceptors (Lipinski definition) is 4. The molecule has 8 N–H and O–H groups in total. The summed E-state index contributed by atoms with van der Waals surface area (Å²) in [5.74, 6) is 0.210. The Morgan fingerprint density at radius 3 is 2.09 bits per heavy atom. The molecule has 2 aromatic carbocycles. The highest BCUT2D eigenvalue weighted by Gasteiger charge is 2.18. The zero-order valence-corrected chi connectivity index (χ0v) is 19.5. The topological polar surface area (TPSA) is 158 Å². The molecule has 0 radical (unpaired) electrons. The standard InChI is InChI=1S/C24H34N6O4/c1-16(2)21(30-22(25)32)15-28-24(34)29-19(12-17-8-10-20(31)11-9-17)14-27-23(33)26-13-18-6-4-3-5-7-18/h3-11,16,19,21,31H,12-15H2,1-2H3,(H3,25,30,32)(H2,26,27,33)(H2,28,29,34)/t19-,21+/m0/s1. The van der Waals surface area contributed by atoms with Crippen molar-refractivity contribution in [3.63, 3.8) is 0 Å². The lowest BCUT2D eigenvalue weighted by molar-refractivity contribution is 0.227. The van der Waals surface area contributed by atoms with E-state index >= 15 is 0 Å². The number of nitrogens with one attached hydrogen (secondary N) is 5. The van der Waals surface area contributed by atoms with Crippen molar-refractivity contribution in [2.75, 3.05) is 13.1 Å². The minimum Gasteiger partial charge on any atom is -0.508 e. The molecule has 0 fully saturated rings. The van der Waals surface area contributed by atoms with E-state index in [1.807, 2.05) is 44.2 Å². The van der Waals surface area contributed by atoms with E-state index in [0.717, 1.165) is 11.1 Å². The van der Waals surface area contributed by atoms with Crippen LogP contribution in [0.4, 0.5) is 14.4 Å². The van der Waals surface area contributed by atoms with Gasteiger partial charge in [0.2, 0.25) is 0 Å². The van der Waals surface area contributed by atoms with Crippen LogP contribution in [0.2, 0.25) is 0 Å². The first kappa shape index (κ1) is 26.3. The van der Waals surface area contributed by atoms with E-state index in [1.165, 1.54) is 0 Å². The van der Waals surface area contributed by atoms with Gasteiger partial charge in [0, 0.05) is 19.6 Å². The van der Waals surface area contributed by atoms with Crippen molar-refractivity contribution in [2.24, 2.45) is 11.7 Å². The van der Waals surface area contributed by atoms with Crippen LogP contribution in [0.3, 0.4) is 0 Å². The third-order valence-corrected chi connectivity index (χ3v) is 5.17. The van der Waals surface area contributed by atoms with Crippen LogP contribution in [-0.2, 0) is 13.0 Å². The summed E-state index contributed by atoms with van der Waals surface area (Å²) in [5, 5.41) is 23.3. The van der Waals surface area contributed by atoms with Crippen LogP contribution in [0.15, 0.2) is 54.6 Å². The average molecular weight is 471 g/mol. The number of aromatic hydroxyl groups is 1. The lowest BCUT2D eigenvalue weighted by atomic mass is 10.0. The molecule has 0 bridgehead atoms. The van der Waals surface area contributed by atoms with Gasteiger partial charge >= 0.3 is 18.1 Å². The second-order valence-electron chi connectivity index (χ2n) is 8.33. The van der Waals surface area contributed by atoms with Crippen molar-refractivity contribution in [2.45, 2.75) is 38.9 Å². The van der Waals surface area contributed by atoms with Crippen LogP contribution in [0.1, 0.15) is 25.0 Å². The molecule has 10 nitrogen and oxygen atoms in total. The Morgan fingerprint density at radius 1 is 0.824 bits per heavy atom. The molecule has 0 aromatic heterocycles. The number of rotatable bonds is 11. The molecule has 2 rings (SSSR count). The Morgan fingerprint density at radius 2 is 1.47 bits per heavy atom. The van der Waals surface area contributed by atoms with Crippen LogP contribution in [0.5, 0.6) is 5.75 Å². The van der Waals surface area contributed by atoms with Crippen molar-refractivity contribution in [1.29, 1.82) is 0 Å². The average Bonchev–Trinajstić information content (AvgIpc) is 2.80. The number of nitrogens with two attached hydrogens (primary N) is 1. The summed E-state index contributed by atoms with van der Waals surface area (Å²) in [6.07, 6.45) is 0.430. The highest BCUT2D eigenvalue weighted by atomic mass is 16.3. The Labute approximate surface area is 199 Å². The van der Waals surface area contributed by atoms with E-state index in [-0.39, 0.29) is 36.8 Å². The molecule has 2 aromatic rings. The van der Waals surface area contributed by atoms with Gasteiger partial charge in [-0.2, -0.15) is 0 Å². The second kappa shape index (κ2) is 13.6. The van der Waals surface area contributed by atoms with Crippen molar-refractivity contribution in [3.8, 4) is 5.75 Å². The summed E-state index contributed by atoms with van der Waals surface area (Å²) in [7, 11) is 0. The first-order chi connectivity index (χ1) is 16.2. The molecule has 184 valence electrons. The Bertz CT molecular complexity index is 921. The van der Waals surface area contributed by atoms with E-state index in [2.05, 4.69) is 26.6 Å². The normalized spacial score (nSPS) is 12.3. The SMILES string of the molecule is CC(C)[C@@H](CNC(=O)N[C@H](CNC(=O)NCc1ccccc1)Cc1ccc(O)cc1)NC(N)=O. The highest BCUT2D eigenvalue weighted by Crippen LogP contribution is 2.11. The monoisotopic (exact) mass is 470 g/mol. The third-order valence-electron chi connectivity index (χ3n) is 5.17. The fourth-order valence-electron chi connectivity index (χ4n) is 3.22. The van der Waals surface area contributed by atoms with E-state index in [4.69, 9.17) is 5.73 Å². The molecule has 0 unspecified atom stereocenters. The van der Waals surface area contributed by atoms with Crippen molar-refractivity contribution >= 4 is 18.1 Å². The number of amides is 6. The fourth-order valence-corrected chi connectivity index (χ4v) is 3.22. The lowest BCUT2D eigenvalue weighted by Crippen LogP contribution is -2.53. The zero-order chi connectivity index (χ0) is 24.9. The molecule has 0 saturated heterocycles. The number of benzene rings is 2. The molecular weight excluding hydrogens is 436 g/mol. The highest BCUT2D eigenvalue weighted by molar-refractivity contribution is 5.76. The largest absolute Gasteiger partial charge is 0.508 e. The molecule has 34 heavy (non-hydrogen) atoms. The van der Waals surface area contributed by atoms with E-state index in [1.54, 1.807) is 24.3 Å². The van der Waals surface area contributed by atoms with Gasteiger partial charge in [0.05, 0.1) is 12.1 Å². The Balaban J connectivity index is 1.92. The van der Waals surface area contributed by atoms with Gasteiger partial charge in [-0.1, -0.05) is 56.3 Å². The molecule has 0 spiro atoms. The predicted molar refractivity (Wildman–Crippen MR) is 130 cm³/mol. The molecule has 2 atom stereocenters. The van der Waals surface area contributed by atoms with Gasteiger partial charge < -0.3 is 37.4 Å². The van der Waals surface area contributed by atoms with E-state index < -0.39 is 18.1 Å². The number of urea groups is 3. The summed E-state index contributed by atoms with van der Waals surface area (Å²) in [4.78, 5) is 36.0. The number of phenols is 1. The first-order valence-electron chi connectivity index (χ1n) is 11.2. The molecule has 0 heterocycles. The number of primary amides is 1. The maximum atomic E-state index is 12.5. The molecule has 0 aliphatic carbocycles. The van der Waals surface area contributed by atoms with Gasteiger partial charge in [-0.15, -0.1) is 0 Å². The van der Waals surface area contributed by atoms with Crippen LogP contribution in [-0.4, -0.2) is 48.4 Å². The van der Waals surface area contributed by atoms with Gasteiger partial charge in [0.1, 0.15) is 5.75 Å². The predicted octanol–water partition coefficient (Wildman–Crippen LogP) is 1.79. The van der Waals surface area contributed by atoms with Crippen LogP contribution in [0, 0.1) is 5.92 Å². The van der Waals surface area contributed by atoms with Gasteiger partial charge in [-0.05, 0) is 35.6 Å². The van der Waals surface area contributed by atoms with Gasteiger partial charge in [-0.3, -0.25) is 0 Å². The first-order valence-corrected chi connectivity index (χ1v) is 11.2. The second-order valence-corrected chi connectivity index (χ2v) is 8.33. The molecule has 0 aliphatic heterocycles. The van der Waals surface area contributed by atoms with Gasteiger partial charge in [-0.25, -0.2) is 14.4 Å². The van der Waals surface area contributed by atoms with Crippen molar-refractivity contribution in [3.05, 3.63) is 65.7 Å². The number of carbonyl (C=O) groups is 3.